The van der Waals surface area contributed by atoms with E-state index in [-0.39, 0.29) is 5.88 Å². The maximum absolute atomic E-state index is 10.1. The number of likely N-dealkylation sites (N-methyl/N-ethyl adjacent to an activating group) is 1. The van der Waals surface area contributed by atoms with Crippen molar-refractivity contribution in [2.75, 3.05) is 18.9 Å². The largest absolute Gasteiger partial charge is 0.493 e. The van der Waals surface area contributed by atoms with Crippen molar-refractivity contribution < 1.29 is 5.11 Å². The van der Waals surface area contributed by atoms with Gasteiger partial charge in [0.25, 0.3) is 0 Å². The van der Waals surface area contributed by atoms with Gasteiger partial charge in [-0.2, -0.15) is 5.10 Å². The summed E-state index contributed by atoms with van der Waals surface area (Å²) < 4.78 is 2.80. The van der Waals surface area contributed by atoms with Crippen LogP contribution in [0.15, 0.2) is 34.4 Å². The third-order valence-corrected chi connectivity index (χ3v) is 3.96. The number of aromatic nitrogens is 3. The average molecular weight is 350 g/mol. The smallest absolute Gasteiger partial charge is 0.211 e. The Balaban J connectivity index is 1.98. The number of aliphatic hydroxyl groups excluding tert-OH is 1. The van der Waals surface area contributed by atoms with Gasteiger partial charge in [0.15, 0.2) is 0 Å². The Kier molecular flexibility index (Phi) is 3.36. The molecule has 7 heteroatoms. The molecule has 1 aliphatic heterocycles. The van der Waals surface area contributed by atoms with E-state index in [1.807, 2.05) is 37.8 Å². The first-order valence-electron chi connectivity index (χ1n) is 6.52. The molecule has 2 aromatic rings. The van der Waals surface area contributed by atoms with Crippen LogP contribution in [-0.2, 0) is 7.05 Å². The summed E-state index contributed by atoms with van der Waals surface area (Å²) in [4.78, 5) is 6.13. The van der Waals surface area contributed by atoms with E-state index < -0.39 is 0 Å². The van der Waals surface area contributed by atoms with Gasteiger partial charge in [0.2, 0.25) is 5.88 Å². The predicted molar refractivity (Wildman–Crippen MR) is 86.2 cm³/mol. The molecule has 3 rings (SSSR count). The molecule has 3 heterocycles. The number of pyridine rings is 1. The van der Waals surface area contributed by atoms with Gasteiger partial charge in [0, 0.05) is 24.0 Å². The van der Waals surface area contributed by atoms with Crippen LogP contribution in [0.4, 0.5) is 5.82 Å². The second-order valence-electron chi connectivity index (χ2n) is 5.11. The van der Waals surface area contributed by atoms with Crippen LogP contribution in [0.2, 0.25) is 0 Å². The Labute approximate surface area is 130 Å². The number of anilines is 1. The Morgan fingerprint density at radius 3 is 2.90 bits per heavy atom. The molecule has 0 aliphatic carbocycles. The van der Waals surface area contributed by atoms with E-state index in [4.69, 9.17) is 0 Å². The van der Waals surface area contributed by atoms with Gasteiger partial charge in [-0.3, -0.25) is 4.68 Å². The third-order valence-electron chi connectivity index (χ3n) is 3.48. The van der Waals surface area contributed by atoms with Crippen molar-refractivity contribution in [3.63, 3.8) is 0 Å². The van der Waals surface area contributed by atoms with Gasteiger partial charge in [0.1, 0.15) is 11.5 Å². The SMILES string of the molecule is Cc1nn(C)c2cnc(NC3=C(O)N(C)CC(Br)=C3)cc12. The Hall–Kier alpha value is -2.02. The molecule has 0 unspecified atom stereocenters. The number of rotatable bonds is 2. The average Bonchev–Trinajstić information content (AvgIpc) is 2.70. The molecule has 110 valence electrons. The summed E-state index contributed by atoms with van der Waals surface area (Å²) in [5.74, 6) is 0.870. The molecule has 6 nitrogen and oxygen atoms in total. The quantitative estimate of drug-likeness (QED) is 0.872. The summed E-state index contributed by atoms with van der Waals surface area (Å²) in [5, 5.41) is 18.7. The molecular weight excluding hydrogens is 334 g/mol. The lowest BCUT2D eigenvalue weighted by Crippen LogP contribution is -2.25. The number of aliphatic hydroxyl groups is 1. The highest BCUT2D eigenvalue weighted by atomic mass is 79.9. The predicted octanol–water partition coefficient (Wildman–Crippen LogP) is 2.64. The summed E-state index contributed by atoms with van der Waals surface area (Å²) in [7, 11) is 3.72. The number of hydrogen-bond acceptors (Lipinski definition) is 5. The molecule has 0 saturated heterocycles. The van der Waals surface area contributed by atoms with Gasteiger partial charge in [-0.25, -0.2) is 4.98 Å². The fraction of sp³-hybridized carbons (Fsp3) is 0.286. The first-order valence-corrected chi connectivity index (χ1v) is 7.32. The van der Waals surface area contributed by atoms with E-state index in [0.717, 1.165) is 21.1 Å². The Bertz CT molecular complexity index is 777. The lowest BCUT2D eigenvalue weighted by atomic mass is 10.2. The third kappa shape index (κ3) is 2.49. The van der Waals surface area contributed by atoms with E-state index in [2.05, 4.69) is 31.3 Å². The number of nitrogens with zero attached hydrogens (tertiary/aromatic N) is 4. The fourth-order valence-corrected chi connectivity index (χ4v) is 3.01. The minimum absolute atomic E-state index is 0.197. The topological polar surface area (TPSA) is 66.2 Å². The summed E-state index contributed by atoms with van der Waals surface area (Å²) >= 11 is 3.47. The van der Waals surface area contributed by atoms with E-state index in [1.165, 1.54) is 0 Å². The van der Waals surface area contributed by atoms with Gasteiger partial charge in [0.05, 0.1) is 24.0 Å². The lowest BCUT2D eigenvalue weighted by Gasteiger charge is -2.24. The second kappa shape index (κ2) is 5.07. The molecular formula is C14H16BrN5O. The van der Waals surface area contributed by atoms with Crippen LogP contribution in [-0.4, -0.2) is 38.4 Å². The van der Waals surface area contributed by atoms with Crippen LogP contribution >= 0.6 is 15.9 Å². The molecule has 0 saturated carbocycles. The summed E-state index contributed by atoms with van der Waals surface area (Å²) in [6.45, 7) is 2.61. The van der Waals surface area contributed by atoms with E-state index in [9.17, 15) is 5.11 Å². The molecule has 0 atom stereocenters. The van der Waals surface area contributed by atoms with Crippen molar-refractivity contribution >= 4 is 32.7 Å². The molecule has 0 amide bonds. The molecule has 0 bridgehead atoms. The van der Waals surface area contributed by atoms with Gasteiger partial charge < -0.3 is 15.3 Å². The number of allylic oxidation sites excluding steroid dienone is 1. The summed E-state index contributed by atoms with van der Waals surface area (Å²) in [6.07, 6.45) is 3.64. The van der Waals surface area contributed by atoms with E-state index in [1.54, 1.807) is 11.1 Å². The first kappa shape index (κ1) is 13.9. The highest BCUT2D eigenvalue weighted by Gasteiger charge is 2.17. The van der Waals surface area contributed by atoms with Gasteiger partial charge in [-0.1, -0.05) is 15.9 Å². The molecule has 0 aromatic carbocycles. The number of halogens is 1. The van der Waals surface area contributed by atoms with E-state index in [0.29, 0.717) is 18.1 Å². The summed E-state index contributed by atoms with van der Waals surface area (Å²) in [5.41, 5.74) is 2.55. The van der Waals surface area contributed by atoms with Crippen molar-refractivity contribution in [2.24, 2.45) is 7.05 Å². The van der Waals surface area contributed by atoms with E-state index >= 15 is 0 Å². The van der Waals surface area contributed by atoms with Crippen molar-refractivity contribution in [2.45, 2.75) is 6.92 Å². The van der Waals surface area contributed by atoms with Crippen molar-refractivity contribution in [3.8, 4) is 0 Å². The minimum Gasteiger partial charge on any atom is -0.493 e. The lowest BCUT2D eigenvalue weighted by molar-refractivity contribution is 0.239. The van der Waals surface area contributed by atoms with Crippen LogP contribution in [0.5, 0.6) is 0 Å². The van der Waals surface area contributed by atoms with Crippen molar-refractivity contribution in [3.05, 3.63) is 40.1 Å². The van der Waals surface area contributed by atoms with Crippen LogP contribution in [0.3, 0.4) is 0 Å². The highest BCUT2D eigenvalue weighted by molar-refractivity contribution is 9.11. The fourth-order valence-electron chi connectivity index (χ4n) is 2.40. The first-order chi connectivity index (χ1) is 9.95. The molecule has 0 radical (unpaired) electrons. The molecule has 21 heavy (non-hydrogen) atoms. The molecule has 2 N–H and O–H groups in total. The molecule has 2 aromatic heterocycles. The number of fused-ring (bicyclic) bond motifs is 1. The molecule has 0 spiro atoms. The zero-order chi connectivity index (χ0) is 15.1. The number of hydrogen-bond donors (Lipinski definition) is 2. The van der Waals surface area contributed by atoms with Crippen LogP contribution in [0.1, 0.15) is 5.69 Å². The van der Waals surface area contributed by atoms with Gasteiger partial charge >= 0.3 is 0 Å². The zero-order valence-corrected chi connectivity index (χ0v) is 13.6. The summed E-state index contributed by atoms with van der Waals surface area (Å²) in [6, 6.07) is 1.94. The van der Waals surface area contributed by atoms with Gasteiger partial charge in [-0.05, 0) is 19.1 Å². The number of nitrogens with one attached hydrogen (secondary N) is 1. The maximum Gasteiger partial charge on any atom is 0.211 e. The van der Waals surface area contributed by atoms with Crippen molar-refractivity contribution in [1.82, 2.24) is 19.7 Å². The molecule has 1 aliphatic rings. The zero-order valence-electron chi connectivity index (χ0n) is 12.1. The van der Waals surface area contributed by atoms with Crippen LogP contribution in [0.25, 0.3) is 10.9 Å². The Morgan fingerprint density at radius 2 is 2.14 bits per heavy atom. The monoisotopic (exact) mass is 349 g/mol. The molecule has 0 fully saturated rings. The normalized spacial score (nSPS) is 15.6. The highest BCUT2D eigenvalue weighted by Crippen LogP contribution is 2.24. The van der Waals surface area contributed by atoms with Gasteiger partial charge in [-0.15, -0.1) is 0 Å². The number of aryl methyl sites for hydroxylation is 2. The maximum atomic E-state index is 10.1. The standard InChI is InChI=1S/C14H16BrN5O/c1-8-10-5-13(16-6-12(10)20(3)18-8)17-11-4-9(15)7-19(2)14(11)21/h4-6,21H,7H2,1-3H3,(H,16,17). The second-order valence-corrected chi connectivity index (χ2v) is 6.12. The van der Waals surface area contributed by atoms with Crippen LogP contribution in [0, 0.1) is 6.92 Å². The minimum atomic E-state index is 0.197. The van der Waals surface area contributed by atoms with Crippen molar-refractivity contribution in [1.29, 1.82) is 0 Å². The van der Waals surface area contributed by atoms with Crippen LogP contribution < -0.4 is 5.32 Å². The Morgan fingerprint density at radius 1 is 1.38 bits per heavy atom.